The van der Waals surface area contributed by atoms with Crippen LogP contribution < -0.4 is 4.72 Å². The number of aromatic nitrogens is 1. The second-order valence-electron chi connectivity index (χ2n) is 4.33. The monoisotopic (exact) mass is 323 g/mol. The summed E-state index contributed by atoms with van der Waals surface area (Å²) in [5.41, 5.74) is 1.26. The summed E-state index contributed by atoms with van der Waals surface area (Å²) in [6.45, 7) is 1.73. The van der Waals surface area contributed by atoms with Crippen LogP contribution in [0.2, 0.25) is 0 Å². The van der Waals surface area contributed by atoms with Crippen LogP contribution in [0.25, 0.3) is 0 Å². The van der Waals surface area contributed by atoms with E-state index in [1.165, 1.54) is 12.1 Å². The van der Waals surface area contributed by atoms with Gasteiger partial charge < -0.3 is 4.55 Å². The summed E-state index contributed by atoms with van der Waals surface area (Å²) >= 11 is -1.75. The van der Waals surface area contributed by atoms with Crippen molar-refractivity contribution in [3.05, 3.63) is 59.5 Å². The number of aryl methyl sites for hydroxylation is 1. The van der Waals surface area contributed by atoms with Crippen molar-refractivity contribution < 1.29 is 13.3 Å². The quantitative estimate of drug-likeness (QED) is 0.505. The molecule has 0 fully saturated rings. The Morgan fingerprint density at radius 2 is 2.05 bits per heavy atom. The predicted molar refractivity (Wildman–Crippen MR) is 82.1 cm³/mol. The summed E-state index contributed by atoms with van der Waals surface area (Å²) < 4.78 is 41.3. The number of hydrogen-bond acceptors (Lipinski definition) is 4. The fraction of sp³-hybridized carbons (Fsp3) is 0.200. The van der Waals surface area contributed by atoms with E-state index in [4.69, 9.17) is 0 Å². The van der Waals surface area contributed by atoms with Crippen LogP contribution in [0.15, 0.2) is 52.5 Å². The summed E-state index contributed by atoms with van der Waals surface area (Å²) in [6.07, 6.45) is 0.686. The molecule has 2 rings (SSSR count). The lowest BCUT2D eigenvalue weighted by molar-refractivity contribution is 0.551. The second kappa shape index (κ2) is 7.98. The van der Waals surface area contributed by atoms with Crippen LogP contribution in [0.4, 0.5) is 8.78 Å². The third-order valence-corrected chi connectivity index (χ3v) is 3.91. The Morgan fingerprint density at radius 3 is 2.77 bits per heavy atom. The molecule has 7 heteroatoms. The number of rotatable bonds is 6. The molecule has 1 unspecified atom stereocenters. The molecule has 0 aliphatic rings. The highest BCUT2D eigenvalue weighted by Crippen LogP contribution is 2.12. The average Bonchev–Trinajstić information content (AvgIpc) is 2.54. The molecule has 4 nitrogen and oxygen atoms in total. The third-order valence-electron chi connectivity index (χ3n) is 2.91. The van der Waals surface area contributed by atoms with Gasteiger partial charge in [0.25, 0.3) is 5.03 Å². The van der Waals surface area contributed by atoms with E-state index < -0.39 is 23.3 Å². The molecule has 22 heavy (non-hydrogen) atoms. The predicted octanol–water partition coefficient (Wildman–Crippen LogP) is 2.77. The smallest absolute Gasteiger partial charge is 0.268 e. The van der Waals surface area contributed by atoms with Crippen LogP contribution in [0.5, 0.6) is 0 Å². The fourth-order valence-electron chi connectivity index (χ4n) is 1.84. The van der Waals surface area contributed by atoms with Crippen LogP contribution in [0, 0.1) is 5.95 Å². The molecule has 0 saturated heterocycles. The van der Waals surface area contributed by atoms with Gasteiger partial charge in [-0.15, -0.1) is 4.72 Å². The highest BCUT2D eigenvalue weighted by atomic mass is 32.2. The number of hydrogen-bond donors (Lipinski definition) is 1. The molecule has 1 aromatic carbocycles. The molecule has 0 amide bonds. The molecule has 0 aliphatic heterocycles. The zero-order valence-corrected chi connectivity index (χ0v) is 12.7. The molecule has 0 saturated carbocycles. The van der Waals surface area contributed by atoms with E-state index >= 15 is 0 Å². The largest absolute Gasteiger partial charge is 0.592 e. The van der Waals surface area contributed by atoms with E-state index in [1.54, 1.807) is 12.1 Å². The Bertz CT molecular complexity index is 667. The van der Waals surface area contributed by atoms with Gasteiger partial charge in [0.05, 0.1) is 0 Å². The van der Waals surface area contributed by atoms with E-state index in [0.717, 1.165) is 11.6 Å². The van der Waals surface area contributed by atoms with Gasteiger partial charge in [0.1, 0.15) is 18.0 Å². The van der Waals surface area contributed by atoms with E-state index in [2.05, 4.69) is 14.7 Å². The standard InChI is InChI=1S/C15H15F2N3OS/c1-2-11-6-3-4-7-12(11)15(17)18-10-19-22(21)14-9-5-8-13(16)20-14/h3-9,19H,2,10H2,1H3/b18-15-. The van der Waals surface area contributed by atoms with Crippen LogP contribution >= 0.6 is 0 Å². The van der Waals surface area contributed by atoms with Crippen LogP contribution in [0.1, 0.15) is 18.1 Å². The van der Waals surface area contributed by atoms with Crippen LogP contribution in [0.3, 0.4) is 0 Å². The minimum absolute atomic E-state index is 0.0320. The molecule has 1 aromatic heterocycles. The number of nitrogens with zero attached hydrogens (tertiary/aromatic N) is 2. The Balaban J connectivity index is 1.99. The van der Waals surface area contributed by atoms with Crippen molar-refractivity contribution in [2.75, 3.05) is 6.67 Å². The highest BCUT2D eigenvalue weighted by Gasteiger charge is 2.13. The van der Waals surface area contributed by atoms with Crippen LogP contribution in [-0.2, 0) is 17.8 Å². The first-order chi connectivity index (χ1) is 10.6. The molecule has 1 heterocycles. The van der Waals surface area contributed by atoms with Gasteiger partial charge in [-0.25, -0.2) is 4.99 Å². The number of aliphatic imine (C=N–C) groups is 1. The van der Waals surface area contributed by atoms with Crippen molar-refractivity contribution in [1.29, 1.82) is 0 Å². The van der Waals surface area contributed by atoms with Gasteiger partial charge in [-0.1, -0.05) is 37.3 Å². The maximum Gasteiger partial charge on any atom is 0.268 e. The normalized spacial score (nSPS) is 13.2. The van der Waals surface area contributed by atoms with E-state index in [9.17, 15) is 13.3 Å². The summed E-state index contributed by atoms with van der Waals surface area (Å²) in [5.74, 6) is -1.35. The van der Waals surface area contributed by atoms with Crippen molar-refractivity contribution in [2.24, 2.45) is 4.99 Å². The number of pyridine rings is 1. The summed E-state index contributed by atoms with van der Waals surface area (Å²) in [4.78, 5) is 7.20. The van der Waals surface area contributed by atoms with E-state index in [-0.39, 0.29) is 11.7 Å². The molecule has 0 spiro atoms. The van der Waals surface area contributed by atoms with Gasteiger partial charge in [-0.2, -0.15) is 13.8 Å². The molecular formula is C15H15F2N3OS. The summed E-state index contributed by atoms with van der Waals surface area (Å²) in [7, 11) is 0. The van der Waals surface area contributed by atoms with Crippen LogP contribution in [-0.4, -0.2) is 22.2 Å². The zero-order valence-electron chi connectivity index (χ0n) is 11.9. The second-order valence-corrected chi connectivity index (χ2v) is 5.57. The summed E-state index contributed by atoms with van der Waals surface area (Å²) in [6, 6.07) is 11.0. The molecular weight excluding hydrogens is 308 g/mol. The van der Waals surface area contributed by atoms with Gasteiger partial charge in [0, 0.05) is 11.6 Å². The molecule has 1 atom stereocenters. The fourth-order valence-corrected chi connectivity index (χ4v) is 2.54. The highest BCUT2D eigenvalue weighted by molar-refractivity contribution is 7.89. The van der Waals surface area contributed by atoms with Crippen molar-refractivity contribution >= 4 is 17.3 Å². The van der Waals surface area contributed by atoms with Gasteiger partial charge in [-0.05, 0) is 18.1 Å². The molecule has 2 aromatic rings. The van der Waals surface area contributed by atoms with Crippen molar-refractivity contribution in [3.8, 4) is 0 Å². The van der Waals surface area contributed by atoms with Gasteiger partial charge in [-0.3, -0.25) is 0 Å². The first-order valence-electron chi connectivity index (χ1n) is 6.68. The van der Waals surface area contributed by atoms with Crippen molar-refractivity contribution in [1.82, 2.24) is 9.71 Å². The van der Waals surface area contributed by atoms with Gasteiger partial charge >= 0.3 is 0 Å². The van der Waals surface area contributed by atoms with Gasteiger partial charge in [0.2, 0.25) is 11.9 Å². The van der Waals surface area contributed by atoms with E-state index in [1.807, 2.05) is 19.1 Å². The lowest BCUT2D eigenvalue weighted by atomic mass is 10.1. The SMILES string of the molecule is CCc1ccccc1/C(F)=N/CN[S+]([O-])c1cccc(F)n1. The Hall–Kier alpha value is -1.83. The Kier molecular flexibility index (Phi) is 6.00. The number of nitrogens with one attached hydrogen (secondary N) is 1. The lowest BCUT2D eigenvalue weighted by Gasteiger charge is -2.08. The third kappa shape index (κ3) is 4.33. The average molecular weight is 323 g/mol. The first-order valence-corrected chi connectivity index (χ1v) is 7.83. The molecule has 116 valence electrons. The maximum atomic E-state index is 14.0. The molecule has 0 radical (unpaired) electrons. The minimum atomic E-state index is -1.75. The first kappa shape index (κ1) is 16.5. The Labute approximate surface area is 130 Å². The van der Waals surface area contributed by atoms with Gasteiger partial charge in [0.15, 0.2) is 0 Å². The van der Waals surface area contributed by atoms with Crippen molar-refractivity contribution in [3.63, 3.8) is 0 Å². The lowest BCUT2D eigenvalue weighted by Crippen LogP contribution is -2.25. The maximum absolute atomic E-state index is 14.0. The zero-order chi connectivity index (χ0) is 15.9. The molecule has 0 aliphatic carbocycles. The molecule has 1 N–H and O–H groups in total. The number of halogens is 2. The number of benzene rings is 1. The van der Waals surface area contributed by atoms with E-state index in [0.29, 0.717) is 12.0 Å². The summed E-state index contributed by atoms with van der Waals surface area (Å²) in [5, 5.41) is 0.0320. The minimum Gasteiger partial charge on any atom is -0.592 e. The Morgan fingerprint density at radius 1 is 1.27 bits per heavy atom. The van der Waals surface area contributed by atoms with Crippen molar-refractivity contribution in [2.45, 2.75) is 18.4 Å². The topological polar surface area (TPSA) is 60.3 Å². The molecule has 0 bridgehead atoms.